The number of ether oxygens (including phenoxy) is 2. The van der Waals surface area contributed by atoms with Gasteiger partial charge in [0.1, 0.15) is 11.6 Å². The van der Waals surface area contributed by atoms with Crippen LogP contribution in [0.25, 0.3) is 0 Å². The second-order valence-electron chi connectivity index (χ2n) is 6.84. The maximum atomic E-state index is 12.3. The molecule has 1 unspecified atom stereocenters. The molecule has 3 rings (SSSR count). The van der Waals surface area contributed by atoms with E-state index >= 15 is 0 Å². The Kier molecular flexibility index (Phi) is 6.07. The Hall–Kier alpha value is -1.89. The smallest absolute Gasteiger partial charge is 0.320 e. The van der Waals surface area contributed by atoms with Gasteiger partial charge in [0.05, 0.1) is 13.0 Å². The minimum atomic E-state index is 0.0471. The summed E-state index contributed by atoms with van der Waals surface area (Å²) in [4.78, 5) is 22.7. The number of rotatable bonds is 9. The van der Waals surface area contributed by atoms with Gasteiger partial charge in [-0.05, 0) is 31.6 Å². The number of aromatic nitrogens is 2. The first kappa shape index (κ1) is 17.9. The minimum absolute atomic E-state index is 0.0471. The van der Waals surface area contributed by atoms with Gasteiger partial charge in [0.25, 0.3) is 0 Å². The van der Waals surface area contributed by atoms with Crippen LogP contribution in [0.2, 0.25) is 0 Å². The summed E-state index contributed by atoms with van der Waals surface area (Å²) in [5, 5.41) is 0. The van der Waals surface area contributed by atoms with Crippen molar-refractivity contribution in [2.45, 2.75) is 51.9 Å². The molecule has 7 heteroatoms. The first-order valence-corrected chi connectivity index (χ1v) is 9.36. The zero-order chi connectivity index (χ0) is 17.6. The van der Waals surface area contributed by atoms with Crippen LogP contribution in [0.4, 0.5) is 11.6 Å². The van der Waals surface area contributed by atoms with Gasteiger partial charge in [0.15, 0.2) is 0 Å². The number of anilines is 2. The first-order chi connectivity index (χ1) is 12.2. The molecular weight excluding hydrogens is 320 g/mol. The molecule has 0 aliphatic carbocycles. The molecule has 0 aromatic carbocycles. The molecular formula is C18H28N4O3. The van der Waals surface area contributed by atoms with Crippen molar-refractivity contribution >= 4 is 17.5 Å². The standard InChI is InChI=1S/C18H28N4O3/c1-2-3-9-25-18-20-16(19)14-11-15(23)22(17(14)21-18)8-5-4-6-13-7-10-24-12-13/h13H,2-12H2,1H3,(H2,19,20,21). The maximum Gasteiger partial charge on any atom is 0.320 e. The molecule has 1 atom stereocenters. The third-order valence-electron chi connectivity index (χ3n) is 4.88. The average Bonchev–Trinajstić information content (AvgIpc) is 3.21. The van der Waals surface area contributed by atoms with Crippen molar-refractivity contribution in [2.75, 3.05) is 37.0 Å². The van der Waals surface area contributed by atoms with Gasteiger partial charge in [0, 0.05) is 25.3 Å². The van der Waals surface area contributed by atoms with Crippen LogP contribution in [0.5, 0.6) is 6.01 Å². The van der Waals surface area contributed by atoms with Crippen molar-refractivity contribution in [3.8, 4) is 6.01 Å². The van der Waals surface area contributed by atoms with Crippen LogP contribution in [-0.4, -0.2) is 42.2 Å². The van der Waals surface area contributed by atoms with Crippen molar-refractivity contribution in [1.82, 2.24) is 9.97 Å². The molecule has 2 aliphatic rings. The highest BCUT2D eigenvalue weighted by molar-refractivity contribution is 6.01. The Morgan fingerprint density at radius 3 is 2.96 bits per heavy atom. The fraction of sp³-hybridized carbons (Fsp3) is 0.722. The summed E-state index contributed by atoms with van der Waals surface area (Å²) in [6, 6.07) is 0.271. The van der Waals surface area contributed by atoms with E-state index in [0.717, 1.165) is 57.3 Å². The summed E-state index contributed by atoms with van der Waals surface area (Å²) in [7, 11) is 0. The summed E-state index contributed by atoms with van der Waals surface area (Å²) in [5.41, 5.74) is 6.75. The van der Waals surface area contributed by atoms with Crippen molar-refractivity contribution in [3.63, 3.8) is 0 Å². The highest BCUT2D eigenvalue weighted by Gasteiger charge is 2.31. The largest absolute Gasteiger partial charge is 0.463 e. The SMILES string of the molecule is CCCCOc1nc(N)c2c(n1)N(CCCCC1CCOC1)C(=O)C2. The van der Waals surface area contributed by atoms with E-state index in [4.69, 9.17) is 15.2 Å². The zero-order valence-corrected chi connectivity index (χ0v) is 15.0. The molecule has 3 heterocycles. The molecule has 2 N–H and O–H groups in total. The van der Waals surface area contributed by atoms with Crippen LogP contribution in [0.15, 0.2) is 0 Å². The molecule has 0 saturated carbocycles. The quantitative estimate of drug-likeness (QED) is 0.689. The lowest BCUT2D eigenvalue weighted by atomic mass is 10.0. The van der Waals surface area contributed by atoms with Crippen LogP contribution in [0.1, 0.15) is 51.0 Å². The predicted octanol–water partition coefficient (Wildman–Crippen LogP) is 2.33. The molecule has 7 nitrogen and oxygen atoms in total. The molecule has 0 radical (unpaired) electrons. The molecule has 1 amide bonds. The number of unbranched alkanes of at least 4 members (excludes halogenated alkanes) is 2. The number of nitrogens with zero attached hydrogens (tertiary/aromatic N) is 3. The van der Waals surface area contributed by atoms with E-state index in [1.165, 1.54) is 0 Å². The van der Waals surface area contributed by atoms with E-state index in [9.17, 15) is 4.79 Å². The van der Waals surface area contributed by atoms with E-state index in [2.05, 4.69) is 16.9 Å². The number of amides is 1. The predicted molar refractivity (Wildman–Crippen MR) is 95.7 cm³/mol. The number of carbonyl (C=O) groups excluding carboxylic acids is 1. The van der Waals surface area contributed by atoms with Crippen molar-refractivity contribution in [2.24, 2.45) is 5.92 Å². The third-order valence-corrected chi connectivity index (χ3v) is 4.88. The summed E-state index contributed by atoms with van der Waals surface area (Å²) < 4.78 is 11.0. The van der Waals surface area contributed by atoms with Crippen molar-refractivity contribution in [3.05, 3.63) is 5.56 Å². The Morgan fingerprint density at radius 2 is 2.20 bits per heavy atom. The normalized spacial score (nSPS) is 19.5. The Labute approximate surface area is 148 Å². The fourth-order valence-electron chi connectivity index (χ4n) is 3.34. The minimum Gasteiger partial charge on any atom is -0.463 e. The van der Waals surface area contributed by atoms with Gasteiger partial charge in [0.2, 0.25) is 5.91 Å². The van der Waals surface area contributed by atoms with Crippen LogP contribution < -0.4 is 15.4 Å². The van der Waals surface area contributed by atoms with E-state index in [-0.39, 0.29) is 18.3 Å². The molecule has 1 aromatic rings. The highest BCUT2D eigenvalue weighted by atomic mass is 16.5. The van der Waals surface area contributed by atoms with E-state index < -0.39 is 0 Å². The molecule has 2 aliphatic heterocycles. The lowest BCUT2D eigenvalue weighted by molar-refractivity contribution is -0.117. The number of nitrogens with two attached hydrogens (primary N) is 1. The van der Waals surface area contributed by atoms with Gasteiger partial charge in [-0.1, -0.05) is 19.8 Å². The number of fused-ring (bicyclic) bond motifs is 1. The average molecular weight is 348 g/mol. The van der Waals surface area contributed by atoms with E-state index in [0.29, 0.717) is 30.7 Å². The molecule has 1 aromatic heterocycles. The Balaban J connectivity index is 1.58. The first-order valence-electron chi connectivity index (χ1n) is 9.36. The van der Waals surface area contributed by atoms with Gasteiger partial charge < -0.3 is 15.2 Å². The van der Waals surface area contributed by atoms with Gasteiger partial charge in [-0.3, -0.25) is 9.69 Å². The zero-order valence-electron chi connectivity index (χ0n) is 15.0. The summed E-state index contributed by atoms with van der Waals surface area (Å²) in [6.45, 7) is 5.10. The molecule has 0 bridgehead atoms. The van der Waals surface area contributed by atoms with E-state index in [1.807, 2.05) is 0 Å². The molecule has 1 saturated heterocycles. The lowest BCUT2D eigenvalue weighted by Crippen LogP contribution is -2.28. The highest BCUT2D eigenvalue weighted by Crippen LogP contribution is 2.32. The molecule has 25 heavy (non-hydrogen) atoms. The second kappa shape index (κ2) is 8.47. The van der Waals surface area contributed by atoms with Crippen LogP contribution in [0, 0.1) is 5.92 Å². The number of hydrogen-bond donors (Lipinski definition) is 1. The third kappa shape index (κ3) is 4.39. The fourth-order valence-corrected chi connectivity index (χ4v) is 3.34. The maximum absolute atomic E-state index is 12.3. The van der Waals surface area contributed by atoms with Crippen LogP contribution >= 0.6 is 0 Å². The molecule has 138 valence electrons. The Bertz CT molecular complexity index is 602. The van der Waals surface area contributed by atoms with Crippen LogP contribution in [-0.2, 0) is 16.0 Å². The van der Waals surface area contributed by atoms with E-state index in [1.54, 1.807) is 4.90 Å². The van der Waals surface area contributed by atoms with Gasteiger partial charge in [-0.2, -0.15) is 9.97 Å². The lowest BCUT2D eigenvalue weighted by Gasteiger charge is -2.17. The number of nitrogen functional groups attached to an aromatic ring is 1. The molecule has 0 spiro atoms. The molecule has 1 fully saturated rings. The van der Waals surface area contributed by atoms with Crippen LogP contribution in [0.3, 0.4) is 0 Å². The summed E-state index contributed by atoms with van der Waals surface area (Å²) >= 11 is 0. The Morgan fingerprint density at radius 1 is 1.32 bits per heavy atom. The number of carbonyl (C=O) groups is 1. The number of hydrogen-bond acceptors (Lipinski definition) is 6. The topological polar surface area (TPSA) is 90.6 Å². The summed E-state index contributed by atoms with van der Waals surface area (Å²) in [6.07, 6.45) is 6.63. The monoisotopic (exact) mass is 348 g/mol. The van der Waals surface area contributed by atoms with Gasteiger partial charge in [-0.25, -0.2) is 0 Å². The van der Waals surface area contributed by atoms with Crippen molar-refractivity contribution < 1.29 is 14.3 Å². The second-order valence-corrected chi connectivity index (χ2v) is 6.84. The van der Waals surface area contributed by atoms with Gasteiger partial charge >= 0.3 is 6.01 Å². The summed E-state index contributed by atoms with van der Waals surface area (Å²) in [5.74, 6) is 1.72. The van der Waals surface area contributed by atoms with Gasteiger partial charge in [-0.15, -0.1) is 0 Å². The van der Waals surface area contributed by atoms with Crippen molar-refractivity contribution in [1.29, 1.82) is 0 Å².